The van der Waals surface area contributed by atoms with Crippen molar-refractivity contribution < 1.29 is 8.81 Å². The Kier molecular flexibility index (Phi) is 4.39. The molecule has 1 aromatic heterocycles. The van der Waals surface area contributed by atoms with Gasteiger partial charge in [0.05, 0.1) is 6.54 Å². The Hall–Kier alpha value is -1.32. The molecule has 0 saturated heterocycles. The van der Waals surface area contributed by atoms with Gasteiger partial charge in [-0.1, -0.05) is 12.1 Å². The summed E-state index contributed by atoms with van der Waals surface area (Å²) in [6, 6.07) is 10.4. The van der Waals surface area contributed by atoms with Crippen molar-refractivity contribution >= 4 is 11.6 Å². The third-order valence-electron chi connectivity index (χ3n) is 2.71. The minimum Gasteiger partial charge on any atom is -0.448 e. The van der Waals surface area contributed by atoms with Crippen molar-refractivity contribution in [1.82, 2.24) is 5.32 Å². The van der Waals surface area contributed by atoms with Gasteiger partial charge in [0.2, 0.25) is 0 Å². The molecule has 2 aromatic rings. The predicted molar refractivity (Wildman–Crippen MR) is 70.1 cm³/mol. The summed E-state index contributed by atoms with van der Waals surface area (Å²) in [4.78, 5) is 0. The van der Waals surface area contributed by atoms with Gasteiger partial charge in [0.15, 0.2) is 5.22 Å². The zero-order valence-electron chi connectivity index (χ0n) is 10.1. The average Bonchev–Trinajstić information content (AvgIpc) is 2.76. The molecular formula is C14H15ClFNO. The van der Waals surface area contributed by atoms with Crippen molar-refractivity contribution in [3.05, 3.63) is 58.8 Å². The van der Waals surface area contributed by atoms with Crippen molar-refractivity contribution in [2.75, 3.05) is 0 Å². The molecule has 0 amide bonds. The zero-order valence-corrected chi connectivity index (χ0v) is 10.9. The van der Waals surface area contributed by atoms with E-state index in [1.807, 2.05) is 6.07 Å². The molecular weight excluding hydrogens is 253 g/mol. The third-order valence-corrected chi connectivity index (χ3v) is 2.91. The first kappa shape index (κ1) is 13.1. The van der Waals surface area contributed by atoms with E-state index < -0.39 is 0 Å². The zero-order chi connectivity index (χ0) is 13.0. The second-order valence-electron chi connectivity index (χ2n) is 4.32. The Balaban J connectivity index is 1.81. The molecule has 1 unspecified atom stereocenters. The Morgan fingerprint density at radius 3 is 2.56 bits per heavy atom. The van der Waals surface area contributed by atoms with E-state index in [4.69, 9.17) is 16.0 Å². The number of benzene rings is 1. The van der Waals surface area contributed by atoms with Crippen LogP contribution in [-0.4, -0.2) is 6.04 Å². The molecule has 1 N–H and O–H groups in total. The monoisotopic (exact) mass is 267 g/mol. The van der Waals surface area contributed by atoms with Gasteiger partial charge in [-0.2, -0.15) is 0 Å². The van der Waals surface area contributed by atoms with Gasteiger partial charge in [-0.3, -0.25) is 0 Å². The number of halogens is 2. The maximum Gasteiger partial charge on any atom is 0.193 e. The van der Waals surface area contributed by atoms with Crippen molar-refractivity contribution in [1.29, 1.82) is 0 Å². The Morgan fingerprint density at radius 1 is 1.22 bits per heavy atom. The summed E-state index contributed by atoms with van der Waals surface area (Å²) in [6.07, 6.45) is 0.842. The fourth-order valence-corrected chi connectivity index (χ4v) is 1.93. The molecule has 18 heavy (non-hydrogen) atoms. The molecule has 0 aliphatic carbocycles. The van der Waals surface area contributed by atoms with Gasteiger partial charge in [0, 0.05) is 6.04 Å². The van der Waals surface area contributed by atoms with Crippen molar-refractivity contribution in [2.24, 2.45) is 0 Å². The van der Waals surface area contributed by atoms with Crippen LogP contribution in [0.25, 0.3) is 0 Å². The molecule has 1 atom stereocenters. The maximum atomic E-state index is 12.8. The highest BCUT2D eigenvalue weighted by atomic mass is 35.5. The highest BCUT2D eigenvalue weighted by Crippen LogP contribution is 2.13. The molecule has 96 valence electrons. The van der Waals surface area contributed by atoms with Gasteiger partial charge in [0.25, 0.3) is 0 Å². The van der Waals surface area contributed by atoms with Crippen LogP contribution >= 0.6 is 11.6 Å². The van der Waals surface area contributed by atoms with Gasteiger partial charge in [-0.25, -0.2) is 4.39 Å². The first-order chi connectivity index (χ1) is 8.63. The largest absolute Gasteiger partial charge is 0.448 e. The Bertz CT molecular complexity index is 495. The van der Waals surface area contributed by atoms with Crippen LogP contribution in [0, 0.1) is 5.82 Å². The summed E-state index contributed by atoms with van der Waals surface area (Å²) in [5.74, 6) is 0.607. The van der Waals surface area contributed by atoms with Crippen LogP contribution in [0.4, 0.5) is 4.39 Å². The maximum absolute atomic E-state index is 12.8. The van der Waals surface area contributed by atoms with E-state index in [2.05, 4.69) is 12.2 Å². The molecule has 4 heteroatoms. The molecule has 0 saturated carbocycles. The van der Waals surface area contributed by atoms with Crippen LogP contribution in [0.1, 0.15) is 18.2 Å². The van der Waals surface area contributed by atoms with E-state index >= 15 is 0 Å². The van der Waals surface area contributed by atoms with Crippen LogP contribution in [0.2, 0.25) is 5.22 Å². The van der Waals surface area contributed by atoms with Crippen molar-refractivity contribution in [2.45, 2.75) is 25.9 Å². The fourth-order valence-electron chi connectivity index (χ4n) is 1.77. The molecule has 0 bridgehead atoms. The van der Waals surface area contributed by atoms with Gasteiger partial charge >= 0.3 is 0 Å². The summed E-state index contributed by atoms with van der Waals surface area (Å²) in [5, 5.41) is 3.73. The summed E-state index contributed by atoms with van der Waals surface area (Å²) in [5.41, 5.74) is 1.11. The molecule has 1 heterocycles. The number of hydrogen-bond donors (Lipinski definition) is 1. The van der Waals surface area contributed by atoms with Crippen molar-refractivity contribution in [3.8, 4) is 0 Å². The molecule has 0 aliphatic rings. The molecule has 0 aliphatic heterocycles. The lowest BCUT2D eigenvalue weighted by molar-refractivity contribution is 0.454. The molecule has 0 fully saturated rings. The first-order valence-electron chi connectivity index (χ1n) is 5.85. The lowest BCUT2D eigenvalue weighted by Gasteiger charge is -2.12. The minimum absolute atomic E-state index is 0.204. The van der Waals surface area contributed by atoms with E-state index in [1.54, 1.807) is 18.2 Å². The van der Waals surface area contributed by atoms with Crippen LogP contribution in [0.15, 0.2) is 40.8 Å². The SMILES string of the molecule is CC(Cc1ccc(F)cc1)NCc1ccc(Cl)o1. The van der Waals surface area contributed by atoms with Gasteiger partial charge in [-0.05, 0) is 54.8 Å². The van der Waals surface area contributed by atoms with Crippen LogP contribution in [0.3, 0.4) is 0 Å². The van der Waals surface area contributed by atoms with E-state index in [1.165, 1.54) is 12.1 Å². The predicted octanol–water partition coefficient (Wildman–Crippen LogP) is 3.79. The first-order valence-corrected chi connectivity index (χ1v) is 6.23. The quantitative estimate of drug-likeness (QED) is 0.892. The number of nitrogens with one attached hydrogen (secondary N) is 1. The molecule has 2 rings (SSSR count). The standard InChI is InChI=1S/C14H15ClFNO/c1-10(8-11-2-4-12(16)5-3-11)17-9-13-6-7-14(15)18-13/h2-7,10,17H,8-9H2,1H3. The van der Waals surface area contributed by atoms with Gasteiger partial charge in [-0.15, -0.1) is 0 Å². The summed E-state index contributed by atoms with van der Waals surface area (Å²) < 4.78 is 18.0. The van der Waals surface area contributed by atoms with Crippen LogP contribution in [-0.2, 0) is 13.0 Å². The smallest absolute Gasteiger partial charge is 0.193 e. The third kappa shape index (κ3) is 3.86. The van der Waals surface area contributed by atoms with E-state index in [-0.39, 0.29) is 11.9 Å². The van der Waals surface area contributed by atoms with E-state index in [0.29, 0.717) is 11.8 Å². The molecule has 1 aromatic carbocycles. The normalized spacial score (nSPS) is 12.6. The van der Waals surface area contributed by atoms with Crippen LogP contribution < -0.4 is 5.32 Å². The Morgan fingerprint density at radius 2 is 1.94 bits per heavy atom. The second-order valence-corrected chi connectivity index (χ2v) is 4.69. The number of furan rings is 1. The highest BCUT2D eigenvalue weighted by Gasteiger charge is 2.05. The van der Waals surface area contributed by atoms with E-state index in [0.717, 1.165) is 17.7 Å². The summed E-state index contributed by atoms with van der Waals surface area (Å²) in [7, 11) is 0. The lowest BCUT2D eigenvalue weighted by Crippen LogP contribution is -2.27. The molecule has 0 spiro atoms. The lowest BCUT2D eigenvalue weighted by atomic mass is 10.1. The van der Waals surface area contributed by atoms with E-state index in [9.17, 15) is 4.39 Å². The van der Waals surface area contributed by atoms with Gasteiger partial charge < -0.3 is 9.73 Å². The van der Waals surface area contributed by atoms with Gasteiger partial charge in [0.1, 0.15) is 11.6 Å². The second kappa shape index (κ2) is 6.03. The Labute approximate surface area is 111 Å². The highest BCUT2D eigenvalue weighted by molar-refractivity contribution is 6.28. The fraction of sp³-hybridized carbons (Fsp3) is 0.286. The average molecular weight is 268 g/mol. The summed E-state index contributed by atoms with van der Waals surface area (Å²) >= 11 is 5.69. The number of hydrogen-bond acceptors (Lipinski definition) is 2. The van der Waals surface area contributed by atoms with Crippen LogP contribution in [0.5, 0.6) is 0 Å². The molecule has 0 radical (unpaired) electrons. The minimum atomic E-state index is -0.204. The summed E-state index contributed by atoms with van der Waals surface area (Å²) in [6.45, 7) is 2.71. The van der Waals surface area contributed by atoms with Crippen molar-refractivity contribution in [3.63, 3.8) is 0 Å². The number of rotatable bonds is 5. The topological polar surface area (TPSA) is 25.2 Å². The molecule has 2 nitrogen and oxygen atoms in total.